The largest absolute Gasteiger partial charge is 0.493 e. The van der Waals surface area contributed by atoms with E-state index in [0.717, 1.165) is 81.5 Å². The van der Waals surface area contributed by atoms with Crippen LogP contribution < -0.4 is 31.2 Å². The number of nitrogens with one attached hydrogen (secondary N) is 3. The molecule has 69 heavy (non-hydrogen) atoms. The van der Waals surface area contributed by atoms with Crippen LogP contribution in [0.3, 0.4) is 0 Å². The summed E-state index contributed by atoms with van der Waals surface area (Å²) < 4.78 is 53.0. The highest BCUT2D eigenvalue weighted by Crippen LogP contribution is 2.48. The molecule has 5 aliphatic rings. The lowest BCUT2D eigenvalue weighted by atomic mass is 9.87. The number of piperidine rings is 2. The summed E-state index contributed by atoms with van der Waals surface area (Å²) in [6.07, 6.45) is 2.58. The van der Waals surface area contributed by atoms with E-state index in [1.165, 1.54) is 6.07 Å². The molecule has 3 aromatic carbocycles. The van der Waals surface area contributed by atoms with Crippen LogP contribution in [0.25, 0.3) is 10.9 Å². The van der Waals surface area contributed by atoms with E-state index in [9.17, 15) is 37.1 Å². The van der Waals surface area contributed by atoms with E-state index in [-0.39, 0.29) is 52.9 Å². The second-order valence-electron chi connectivity index (χ2n) is 19.5. The van der Waals surface area contributed by atoms with E-state index in [1.807, 2.05) is 11.9 Å². The number of fused-ring (bicyclic) bond motifs is 2. The Hall–Kier alpha value is -6.50. The summed E-state index contributed by atoms with van der Waals surface area (Å²) in [5, 5.41) is 9.64. The molecule has 19 heteroatoms. The third kappa shape index (κ3) is 9.87. The van der Waals surface area contributed by atoms with E-state index in [1.54, 1.807) is 51.3 Å². The maximum absolute atomic E-state index is 13.9. The van der Waals surface area contributed by atoms with Gasteiger partial charge in [-0.3, -0.25) is 34.2 Å². The van der Waals surface area contributed by atoms with Gasteiger partial charge in [0, 0.05) is 66.3 Å². The Labute approximate surface area is 397 Å². The van der Waals surface area contributed by atoms with Crippen molar-refractivity contribution in [1.29, 1.82) is 0 Å². The van der Waals surface area contributed by atoms with Crippen molar-refractivity contribution >= 4 is 57.6 Å². The average molecular weight is 954 g/mol. The van der Waals surface area contributed by atoms with Crippen LogP contribution in [-0.4, -0.2) is 113 Å². The number of hydrogen-bond donors (Lipinski definition) is 4. The third-order valence-electron chi connectivity index (χ3n) is 14.6. The number of carbonyl (C=O) groups is 5. The van der Waals surface area contributed by atoms with Crippen LogP contribution >= 0.6 is 0 Å². The predicted octanol–water partition coefficient (Wildman–Crippen LogP) is 6.87. The molecule has 4 heterocycles. The maximum Gasteiger partial charge on any atom is 0.416 e. The molecule has 366 valence electrons. The fraction of sp³-hybridized carbons (Fsp3) is 0.500. The number of imide groups is 2. The smallest absolute Gasteiger partial charge is 0.416 e. The first kappa shape index (κ1) is 47.6. The topological polar surface area (TPSA) is 201 Å². The number of nitrogens with zero attached hydrogens (tertiary/aromatic N) is 5. The van der Waals surface area contributed by atoms with Gasteiger partial charge >= 0.3 is 6.18 Å². The number of hydrogen-bond acceptors (Lipinski definition) is 13. The van der Waals surface area contributed by atoms with Gasteiger partial charge in [-0.15, -0.1) is 0 Å². The van der Waals surface area contributed by atoms with Gasteiger partial charge in [0.25, 0.3) is 11.8 Å². The number of ether oxygens (including phenoxy) is 2. The van der Waals surface area contributed by atoms with Crippen LogP contribution in [-0.2, 0) is 20.6 Å². The first-order valence-electron chi connectivity index (χ1n) is 23.7. The number of likely N-dealkylation sites (tertiary alicyclic amines) is 1. The number of nitrogens with two attached hydrogens (primary N) is 1. The zero-order valence-electron chi connectivity index (χ0n) is 39.2. The molecule has 9 rings (SSSR count). The van der Waals surface area contributed by atoms with Gasteiger partial charge < -0.3 is 35.6 Å². The Morgan fingerprint density at radius 3 is 2.39 bits per heavy atom. The average Bonchev–Trinajstić information content (AvgIpc) is 4.04. The van der Waals surface area contributed by atoms with Gasteiger partial charge in [0.2, 0.25) is 17.7 Å². The van der Waals surface area contributed by atoms with Crippen LogP contribution in [0.15, 0.2) is 48.5 Å². The lowest BCUT2D eigenvalue weighted by Crippen LogP contribution is -2.54. The van der Waals surface area contributed by atoms with Crippen LogP contribution in [0, 0.1) is 18.3 Å². The number of anilines is 3. The normalized spacial score (nSPS) is 22.2. The predicted molar refractivity (Wildman–Crippen MR) is 251 cm³/mol. The van der Waals surface area contributed by atoms with E-state index in [4.69, 9.17) is 15.2 Å². The Morgan fingerprint density at radius 1 is 0.971 bits per heavy atom. The fourth-order valence-corrected chi connectivity index (χ4v) is 10.6. The van der Waals surface area contributed by atoms with Crippen molar-refractivity contribution in [3.8, 4) is 11.5 Å². The molecule has 2 unspecified atom stereocenters. The van der Waals surface area contributed by atoms with Gasteiger partial charge in [-0.2, -0.15) is 13.2 Å². The molecule has 16 nitrogen and oxygen atoms in total. The van der Waals surface area contributed by atoms with E-state index >= 15 is 0 Å². The molecule has 0 spiro atoms. The summed E-state index contributed by atoms with van der Waals surface area (Å²) in [5.74, 6) is -0.237. The van der Waals surface area contributed by atoms with Gasteiger partial charge in [-0.1, -0.05) is 6.07 Å². The van der Waals surface area contributed by atoms with Crippen molar-refractivity contribution in [2.45, 2.75) is 108 Å². The second kappa shape index (κ2) is 18.8. The van der Waals surface area contributed by atoms with Crippen molar-refractivity contribution < 1.29 is 46.6 Å². The number of amides is 5. The molecule has 5 N–H and O–H groups in total. The lowest BCUT2D eigenvalue weighted by molar-refractivity contribution is -0.138. The van der Waals surface area contributed by atoms with Crippen molar-refractivity contribution in [2.24, 2.45) is 11.3 Å². The van der Waals surface area contributed by atoms with Crippen molar-refractivity contribution in [1.82, 2.24) is 30.0 Å². The number of alkyl halides is 3. The molecule has 1 aromatic heterocycles. The summed E-state index contributed by atoms with van der Waals surface area (Å²) in [4.78, 5) is 79.7. The van der Waals surface area contributed by atoms with Crippen LogP contribution in [0.2, 0.25) is 0 Å². The van der Waals surface area contributed by atoms with E-state index in [2.05, 4.69) is 30.8 Å². The SMILES string of the molecule is COc1cc2nc(C)nc(NC(C)c3cc(N)cc(C(F)(F)F)c3)c2cc1OCC1(CN(C)C(=O)C2CCN([C@H]3CC[C@@H](Nc4cccc5c4C(=O)N(C4CCC(=O)NC4=O)C5=O)CC3)CC2)CC1. The van der Waals surface area contributed by atoms with Gasteiger partial charge in [0.15, 0.2) is 11.5 Å². The summed E-state index contributed by atoms with van der Waals surface area (Å²) in [5.41, 5.74) is 6.83. The minimum Gasteiger partial charge on any atom is -0.493 e. The summed E-state index contributed by atoms with van der Waals surface area (Å²) in [6, 6.07) is 11.0. The van der Waals surface area contributed by atoms with E-state index in [0.29, 0.717) is 64.5 Å². The molecule has 2 atom stereocenters. The lowest BCUT2D eigenvalue weighted by Gasteiger charge is -2.41. The molecule has 2 aliphatic carbocycles. The zero-order chi connectivity index (χ0) is 48.9. The van der Waals surface area contributed by atoms with Gasteiger partial charge in [0.1, 0.15) is 17.7 Å². The van der Waals surface area contributed by atoms with Crippen LogP contribution in [0.5, 0.6) is 11.5 Å². The summed E-state index contributed by atoms with van der Waals surface area (Å²) in [7, 11) is 3.41. The third-order valence-corrected chi connectivity index (χ3v) is 14.6. The summed E-state index contributed by atoms with van der Waals surface area (Å²) >= 11 is 0. The highest BCUT2D eigenvalue weighted by molar-refractivity contribution is 6.25. The summed E-state index contributed by atoms with van der Waals surface area (Å²) in [6.45, 7) is 6.02. The maximum atomic E-state index is 13.9. The Kier molecular flexibility index (Phi) is 12.9. The quantitative estimate of drug-likeness (QED) is 0.0754. The van der Waals surface area contributed by atoms with Gasteiger partial charge in [-0.05, 0) is 127 Å². The molecule has 4 aromatic rings. The molecule has 3 aliphatic heterocycles. The number of nitrogen functional groups attached to an aromatic ring is 1. The van der Waals surface area contributed by atoms with Gasteiger partial charge in [0.05, 0.1) is 42.0 Å². The molecule has 5 amide bonds. The molecular formula is C50H58F3N9O7. The molecular weight excluding hydrogens is 896 g/mol. The monoisotopic (exact) mass is 953 g/mol. The number of benzene rings is 3. The number of aromatic nitrogens is 2. The van der Waals surface area contributed by atoms with Crippen molar-refractivity contribution in [3.63, 3.8) is 0 Å². The first-order chi connectivity index (χ1) is 32.9. The molecule has 0 bridgehead atoms. The highest BCUT2D eigenvalue weighted by atomic mass is 19.4. The fourth-order valence-electron chi connectivity index (χ4n) is 10.6. The number of methoxy groups -OCH3 is 1. The minimum absolute atomic E-state index is 0.00486. The minimum atomic E-state index is -4.55. The molecule has 4 fully saturated rings. The standard InChI is InChI=1S/C50H58F3N9O7/c1-27(30-20-31(50(51,52)53)22-32(54)21-30)55-44-36-23-41(40(68-4)24-38(36)56-28(2)57-44)69-26-49(16-17-49)25-60(3)46(65)29-14-18-61(19-15-29)34-10-8-33(9-11-34)58-37-7-5-6-35-43(37)48(67)62(47(35)66)39-12-13-42(63)59-45(39)64/h5-7,20-24,27,29,33-34,39,58H,8-19,25-26,54H2,1-4H3,(H,55,56,57)(H,59,63,64)/t27?,33-,34+,39?. The number of carbonyl (C=O) groups excluding carboxylic acids is 5. The van der Waals surface area contributed by atoms with E-state index < -0.39 is 47.5 Å². The number of rotatable bonds is 14. The second-order valence-corrected chi connectivity index (χ2v) is 19.5. The Balaban J connectivity index is 0.764. The molecule has 0 radical (unpaired) electrons. The van der Waals surface area contributed by atoms with Crippen molar-refractivity contribution in [3.05, 3.63) is 76.6 Å². The van der Waals surface area contributed by atoms with Crippen LogP contribution in [0.4, 0.5) is 30.4 Å². The Morgan fingerprint density at radius 2 is 1.71 bits per heavy atom. The van der Waals surface area contributed by atoms with Crippen LogP contribution in [0.1, 0.15) is 115 Å². The molecule has 2 saturated heterocycles. The number of halogens is 3. The zero-order valence-corrected chi connectivity index (χ0v) is 39.2. The molecule has 2 saturated carbocycles. The van der Waals surface area contributed by atoms with Gasteiger partial charge in [-0.25, -0.2) is 9.97 Å². The van der Waals surface area contributed by atoms with Crippen molar-refractivity contribution in [2.75, 3.05) is 56.8 Å². The first-order valence-corrected chi connectivity index (χ1v) is 23.7. The highest BCUT2D eigenvalue weighted by Gasteiger charge is 2.47. The Bertz CT molecular complexity index is 2700. The number of aryl methyl sites for hydroxylation is 1.